The van der Waals surface area contributed by atoms with Crippen molar-refractivity contribution in [2.24, 2.45) is 0 Å². The lowest BCUT2D eigenvalue weighted by molar-refractivity contribution is -0.120. The molecule has 2 N–H and O–H groups in total. The van der Waals surface area contributed by atoms with Crippen LogP contribution in [-0.2, 0) is 9.59 Å². The van der Waals surface area contributed by atoms with Gasteiger partial charge >= 0.3 is 0 Å². The van der Waals surface area contributed by atoms with E-state index in [0.717, 1.165) is 16.8 Å². The van der Waals surface area contributed by atoms with Gasteiger partial charge in [0.1, 0.15) is 5.69 Å². The highest BCUT2D eigenvalue weighted by molar-refractivity contribution is 7.03. The van der Waals surface area contributed by atoms with E-state index < -0.39 is 0 Å². The number of rotatable bonds is 6. The maximum Gasteiger partial charge on any atom is 0.226 e. The van der Waals surface area contributed by atoms with Crippen molar-refractivity contribution in [1.29, 1.82) is 0 Å². The van der Waals surface area contributed by atoms with Gasteiger partial charge in [-0.3, -0.25) is 9.59 Å². The number of nitrogens with one attached hydrogen (secondary N) is 2. The predicted molar refractivity (Wildman–Crippen MR) is 102 cm³/mol. The highest BCUT2D eigenvalue weighted by Crippen LogP contribution is 2.21. The first-order valence-corrected chi connectivity index (χ1v) is 8.95. The van der Waals surface area contributed by atoms with Crippen LogP contribution in [0.15, 0.2) is 60.0 Å². The van der Waals surface area contributed by atoms with Gasteiger partial charge in [-0.15, -0.1) is 5.10 Å². The zero-order valence-electron chi connectivity index (χ0n) is 14.2. The second-order valence-corrected chi connectivity index (χ2v) is 6.39. The fourth-order valence-corrected chi connectivity index (χ4v) is 3.06. The molecular weight excluding hydrogens is 348 g/mol. The summed E-state index contributed by atoms with van der Waals surface area (Å²) in [5.41, 5.74) is 3.33. The third-order valence-corrected chi connectivity index (χ3v) is 4.30. The zero-order valence-corrected chi connectivity index (χ0v) is 15.0. The molecule has 7 heteroatoms. The van der Waals surface area contributed by atoms with Crippen molar-refractivity contribution in [3.63, 3.8) is 0 Å². The molecule has 0 bridgehead atoms. The molecule has 1 atom stereocenters. The third kappa shape index (κ3) is 4.73. The Morgan fingerprint density at radius 1 is 1.08 bits per heavy atom. The van der Waals surface area contributed by atoms with E-state index in [0.29, 0.717) is 5.69 Å². The molecule has 1 heterocycles. The van der Waals surface area contributed by atoms with Crippen molar-refractivity contribution in [3.05, 3.63) is 65.5 Å². The first kappa shape index (κ1) is 17.8. The second-order valence-electron chi connectivity index (χ2n) is 5.78. The van der Waals surface area contributed by atoms with Crippen LogP contribution in [0.3, 0.4) is 0 Å². The van der Waals surface area contributed by atoms with Gasteiger partial charge in [-0.1, -0.05) is 47.0 Å². The van der Waals surface area contributed by atoms with Gasteiger partial charge in [0.15, 0.2) is 0 Å². The Morgan fingerprint density at radius 3 is 2.42 bits per heavy atom. The van der Waals surface area contributed by atoms with Crippen LogP contribution in [0.2, 0.25) is 0 Å². The van der Waals surface area contributed by atoms with E-state index in [1.54, 1.807) is 0 Å². The van der Waals surface area contributed by atoms with E-state index in [4.69, 9.17) is 0 Å². The van der Waals surface area contributed by atoms with Gasteiger partial charge in [-0.05, 0) is 29.2 Å². The Balaban J connectivity index is 1.65. The smallest absolute Gasteiger partial charge is 0.226 e. The Labute approximate surface area is 155 Å². The molecule has 2 aromatic carbocycles. The minimum Gasteiger partial charge on any atom is -0.349 e. The molecule has 26 heavy (non-hydrogen) atoms. The monoisotopic (exact) mass is 366 g/mol. The number of benzene rings is 2. The van der Waals surface area contributed by atoms with Gasteiger partial charge in [0, 0.05) is 23.6 Å². The molecule has 3 aromatic rings. The predicted octanol–water partition coefficient (Wildman–Crippen LogP) is 3.41. The van der Waals surface area contributed by atoms with Crippen molar-refractivity contribution >= 4 is 29.0 Å². The molecule has 132 valence electrons. The van der Waals surface area contributed by atoms with Crippen LogP contribution in [0.4, 0.5) is 5.69 Å². The zero-order chi connectivity index (χ0) is 18.4. The lowest BCUT2D eigenvalue weighted by Crippen LogP contribution is -2.29. The summed E-state index contributed by atoms with van der Waals surface area (Å²) < 4.78 is 3.84. The molecule has 0 saturated heterocycles. The summed E-state index contributed by atoms with van der Waals surface area (Å²) in [4.78, 5) is 23.9. The van der Waals surface area contributed by atoms with Crippen LogP contribution >= 0.6 is 11.5 Å². The average Bonchev–Trinajstić information content (AvgIpc) is 3.17. The maximum absolute atomic E-state index is 12.4. The van der Waals surface area contributed by atoms with E-state index >= 15 is 0 Å². The molecule has 1 unspecified atom stereocenters. The summed E-state index contributed by atoms with van der Waals surface area (Å²) in [6, 6.07) is 16.5. The van der Waals surface area contributed by atoms with Crippen LogP contribution in [-0.4, -0.2) is 21.4 Å². The largest absolute Gasteiger partial charge is 0.349 e. The summed E-state index contributed by atoms with van der Waals surface area (Å²) in [6.45, 7) is 1.44. The fraction of sp³-hybridized carbons (Fsp3) is 0.158. The number of hydrogen-bond donors (Lipinski definition) is 2. The summed E-state index contributed by atoms with van der Waals surface area (Å²) in [5, 5.41) is 11.6. The van der Waals surface area contributed by atoms with Gasteiger partial charge in [0.05, 0.1) is 12.5 Å². The summed E-state index contributed by atoms with van der Waals surface area (Å²) in [7, 11) is 0. The number of anilines is 1. The Morgan fingerprint density at radius 2 is 1.81 bits per heavy atom. The molecule has 0 aliphatic rings. The maximum atomic E-state index is 12.4. The molecule has 0 radical (unpaired) electrons. The van der Waals surface area contributed by atoms with Crippen LogP contribution in [0, 0.1) is 0 Å². The molecule has 0 spiro atoms. The first-order valence-electron chi connectivity index (χ1n) is 8.11. The van der Waals surface area contributed by atoms with Gasteiger partial charge in [-0.2, -0.15) is 0 Å². The summed E-state index contributed by atoms with van der Waals surface area (Å²) in [6.07, 6.45) is 0.154. The molecule has 2 amide bonds. The van der Waals surface area contributed by atoms with Gasteiger partial charge in [-0.25, -0.2) is 0 Å². The highest BCUT2D eigenvalue weighted by atomic mass is 32.1. The molecule has 0 aliphatic heterocycles. The molecule has 0 saturated carbocycles. The standard InChI is InChI=1S/C19H18N4O2S/c1-13(24)20-17(14-5-3-2-4-6-14)11-19(25)21-16-9-7-15(8-10-16)18-12-26-23-22-18/h2-10,12,17H,11H2,1H3,(H,20,24)(H,21,25). The topological polar surface area (TPSA) is 84.0 Å². The number of carbonyl (C=O) groups excluding carboxylic acids is 2. The van der Waals surface area contributed by atoms with Crippen molar-refractivity contribution in [2.45, 2.75) is 19.4 Å². The van der Waals surface area contributed by atoms with Crippen molar-refractivity contribution in [3.8, 4) is 11.3 Å². The minimum atomic E-state index is -0.367. The summed E-state index contributed by atoms with van der Waals surface area (Å²) in [5.74, 6) is -0.344. The summed E-state index contributed by atoms with van der Waals surface area (Å²) >= 11 is 1.29. The van der Waals surface area contributed by atoms with E-state index in [1.807, 2.05) is 60.0 Å². The molecule has 6 nitrogen and oxygen atoms in total. The van der Waals surface area contributed by atoms with Gasteiger partial charge < -0.3 is 10.6 Å². The minimum absolute atomic E-state index is 0.154. The third-order valence-electron chi connectivity index (χ3n) is 3.79. The lowest BCUT2D eigenvalue weighted by Gasteiger charge is -2.18. The van der Waals surface area contributed by atoms with Crippen LogP contribution in [0.25, 0.3) is 11.3 Å². The second kappa shape index (κ2) is 8.35. The SMILES string of the molecule is CC(=O)NC(CC(=O)Nc1ccc(-c2csnn2)cc1)c1ccccc1. The lowest BCUT2D eigenvalue weighted by atomic mass is 10.0. The molecule has 0 fully saturated rings. The van der Waals surface area contributed by atoms with Gasteiger partial charge in [0.2, 0.25) is 11.8 Å². The van der Waals surface area contributed by atoms with E-state index in [-0.39, 0.29) is 24.3 Å². The van der Waals surface area contributed by atoms with Crippen LogP contribution in [0.1, 0.15) is 24.9 Å². The Hall–Kier alpha value is -3.06. The molecule has 0 aliphatic carbocycles. The van der Waals surface area contributed by atoms with Crippen LogP contribution < -0.4 is 10.6 Å². The number of nitrogens with zero attached hydrogens (tertiary/aromatic N) is 2. The number of carbonyl (C=O) groups is 2. The average molecular weight is 366 g/mol. The van der Waals surface area contributed by atoms with E-state index in [2.05, 4.69) is 20.2 Å². The molecule has 1 aromatic heterocycles. The van der Waals surface area contributed by atoms with E-state index in [9.17, 15) is 9.59 Å². The van der Waals surface area contributed by atoms with Crippen LogP contribution in [0.5, 0.6) is 0 Å². The fourth-order valence-electron chi connectivity index (χ4n) is 2.60. The first-order chi connectivity index (χ1) is 12.6. The van der Waals surface area contributed by atoms with Crippen molar-refractivity contribution in [1.82, 2.24) is 14.9 Å². The highest BCUT2D eigenvalue weighted by Gasteiger charge is 2.17. The van der Waals surface area contributed by atoms with Crippen molar-refractivity contribution in [2.75, 3.05) is 5.32 Å². The van der Waals surface area contributed by atoms with Gasteiger partial charge in [0.25, 0.3) is 0 Å². The van der Waals surface area contributed by atoms with E-state index in [1.165, 1.54) is 18.5 Å². The molecular formula is C19H18N4O2S. The van der Waals surface area contributed by atoms with Crippen molar-refractivity contribution < 1.29 is 9.59 Å². The molecule has 3 rings (SSSR count). The number of aromatic nitrogens is 2. The Kier molecular flexibility index (Phi) is 5.70. The number of hydrogen-bond acceptors (Lipinski definition) is 5. The number of amides is 2. The normalized spacial score (nSPS) is 11.6. The Bertz CT molecular complexity index is 864. The quantitative estimate of drug-likeness (QED) is 0.700.